The molecule has 1 N–H and O–H groups in total. The van der Waals surface area contributed by atoms with Crippen molar-refractivity contribution in [1.82, 2.24) is 5.32 Å². The number of carbonyl (C=O) groups is 3. The van der Waals surface area contributed by atoms with E-state index in [1.807, 2.05) is 85.5 Å². The molecule has 6 nitrogen and oxygen atoms in total. The van der Waals surface area contributed by atoms with Gasteiger partial charge in [-0.3, -0.25) is 14.4 Å². The van der Waals surface area contributed by atoms with E-state index < -0.39 is 29.7 Å². The van der Waals surface area contributed by atoms with Crippen molar-refractivity contribution >= 4 is 52.4 Å². The van der Waals surface area contributed by atoms with E-state index in [4.69, 9.17) is 12.2 Å². The van der Waals surface area contributed by atoms with Crippen LogP contribution >= 0.6 is 12.2 Å². The van der Waals surface area contributed by atoms with Gasteiger partial charge in [-0.15, -0.1) is 0 Å². The number of amides is 2. The van der Waals surface area contributed by atoms with E-state index in [0.29, 0.717) is 10.8 Å². The topological polar surface area (TPSA) is 69.7 Å². The van der Waals surface area contributed by atoms with Gasteiger partial charge in [0, 0.05) is 5.69 Å². The van der Waals surface area contributed by atoms with Gasteiger partial charge in [0.2, 0.25) is 0 Å². The van der Waals surface area contributed by atoms with Gasteiger partial charge in [-0.2, -0.15) is 0 Å². The highest BCUT2D eigenvalue weighted by Crippen LogP contribution is 2.33. The van der Waals surface area contributed by atoms with Crippen LogP contribution in [0.15, 0.2) is 78.9 Å². The lowest BCUT2D eigenvalue weighted by molar-refractivity contribution is -0.125. The molecule has 0 saturated carbocycles. The first kappa shape index (κ1) is 22.7. The molecule has 0 aromatic heterocycles. The van der Waals surface area contributed by atoms with Gasteiger partial charge in [0.05, 0.1) is 17.3 Å². The van der Waals surface area contributed by atoms with Crippen LogP contribution in [0.1, 0.15) is 27.0 Å². The van der Waals surface area contributed by atoms with Crippen LogP contribution in [0.25, 0.3) is 6.08 Å². The van der Waals surface area contributed by atoms with Gasteiger partial charge in [-0.25, -0.2) is 4.90 Å². The number of thiocarbonyl (C=S) groups is 1. The van der Waals surface area contributed by atoms with E-state index in [0.717, 1.165) is 27.3 Å². The Morgan fingerprint density at radius 1 is 0.943 bits per heavy atom. The maximum atomic E-state index is 13.8. The summed E-state index contributed by atoms with van der Waals surface area (Å²) in [5, 5.41) is 3.48. The Bertz CT molecular complexity index is 1380. The Kier molecular flexibility index (Phi) is 5.78. The van der Waals surface area contributed by atoms with Crippen LogP contribution in [-0.2, 0) is 9.59 Å². The van der Waals surface area contributed by atoms with Crippen LogP contribution in [0, 0.1) is 13.8 Å². The van der Waals surface area contributed by atoms with Crippen molar-refractivity contribution in [3.05, 3.63) is 101 Å². The minimum absolute atomic E-state index is 0.246. The zero-order valence-electron chi connectivity index (χ0n) is 19.3. The minimum Gasteiger partial charge on any atom is -0.348 e. The molecule has 0 aliphatic carbocycles. The molecule has 1 fully saturated rings. The van der Waals surface area contributed by atoms with Gasteiger partial charge in [0.1, 0.15) is 6.04 Å². The lowest BCUT2D eigenvalue weighted by Crippen LogP contribution is -2.51. The lowest BCUT2D eigenvalue weighted by atomic mass is 10.0. The third-order valence-electron chi connectivity index (χ3n) is 6.26. The van der Waals surface area contributed by atoms with Crippen LogP contribution in [0.3, 0.4) is 0 Å². The second kappa shape index (κ2) is 8.92. The molecule has 35 heavy (non-hydrogen) atoms. The molecule has 5 rings (SSSR count). The first-order valence-corrected chi connectivity index (χ1v) is 11.7. The molecular formula is C28H23N3O3S. The van der Waals surface area contributed by atoms with Gasteiger partial charge in [0.15, 0.2) is 5.11 Å². The summed E-state index contributed by atoms with van der Waals surface area (Å²) >= 11 is 5.64. The summed E-state index contributed by atoms with van der Waals surface area (Å²) in [5.74, 6) is -2.04. The van der Waals surface area contributed by atoms with E-state index in [1.54, 1.807) is 18.2 Å². The van der Waals surface area contributed by atoms with Crippen LogP contribution in [0.5, 0.6) is 0 Å². The molecule has 0 spiro atoms. The van der Waals surface area contributed by atoms with Crippen LogP contribution in [-0.4, -0.2) is 34.8 Å². The maximum absolute atomic E-state index is 13.8. The molecule has 174 valence electrons. The molecule has 2 aliphatic heterocycles. The Labute approximate surface area is 208 Å². The summed E-state index contributed by atoms with van der Waals surface area (Å²) in [5.41, 5.74) is 4.29. The van der Waals surface area contributed by atoms with Gasteiger partial charge in [-0.05, 0) is 55.9 Å². The minimum atomic E-state index is -0.868. The van der Waals surface area contributed by atoms with E-state index in [-0.39, 0.29) is 5.56 Å². The van der Waals surface area contributed by atoms with E-state index >= 15 is 0 Å². The van der Waals surface area contributed by atoms with Crippen molar-refractivity contribution in [3.63, 3.8) is 0 Å². The molecule has 7 heteroatoms. The Morgan fingerprint density at radius 2 is 1.63 bits per heavy atom. The van der Waals surface area contributed by atoms with Crippen molar-refractivity contribution in [1.29, 1.82) is 0 Å². The second-order valence-corrected chi connectivity index (χ2v) is 9.11. The molecule has 2 atom stereocenters. The number of fused-ring (bicyclic) bond motifs is 1. The van der Waals surface area contributed by atoms with Gasteiger partial charge in [-0.1, -0.05) is 71.8 Å². The average Bonchev–Trinajstić information content (AvgIpc) is 3.32. The molecule has 3 aromatic rings. The highest BCUT2D eigenvalue weighted by Gasteiger charge is 2.48. The van der Waals surface area contributed by atoms with Crippen LogP contribution < -0.4 is 15.1 Å². The van der Waals surface area contributed by atoms with Gasteiger partial charge >= 0.3 is 5.91 Å². The molecule has 0 radical (unpaired) electrons. The number of nitrogens with one attached hydrogen (secondary N) is 1. The SMILES string of the molecule is Cc1ccc(N2C(=S)NC(C(=O)N3C(=O)C(=O)c4cc(C)ccc43)C2/C=C/c2ccccc2)cc1. The molecule has 3 aromatic carbocycles. The summed E-state index contributed by atoms with van der Waals surface area (Å²) in [7, 11) is 0. The highest BCUT2D eigenvalue weighted by atomic mass is 32.1. The number of aryl methyl sites for hydroxylation is 2. The second-order valence-electron chi connectivity index (χ2n) is 8.72. The smallest absolute Gasteiger partial charge is 0.306 e. The van der Waals surface area contributed by atoms with Gasteiger partial charge in [0.25, 0.3) is 11.7 Å². The Morgan fingerprint density at radius 3 is 2.34 bits per heavy atom. The van der Waals surface area contributed by atoms with Crippen molar-refractivity contribution in [3.8, 4) is 0 Å². The third kappa shape index (κ3) is 4.04. The quantitative estimate of drug-likeness (QED) is 0.342. The number of anilines is 2. The molecule has 1 saturated heterocycles. The summed E-state index contributed by atoms with van der Waals surface area (Å²) in [4.78, 5) is 42.2. The fourth-order valence-corrected chi connectivity index (χ4v) is 4.81. The third-order valence-corrected chi connectivity index (χ3v) is 6.57. The normalized spacial score (nSPS) is 19.4. The molecular weight excluding hydrogens is 458 g/mol. The number of hydrogen-bond acceptors (Lipinski definition) is 4. The number of carbonyl (C=O) groups excluding carboxylic acids is 3. The predicted octanol–water partition coefficient (Wildman–Crippen LogP) is 4.20. The highest BCUT2D eigenvalue weighted by molar-refractivity contribution is 7.80. The summed E-state index contributed by atoms with van der Waals surface area (Å²) in [6.07, 6.45) is 3.83. The van der Waals surface area contributed by atoms with Crippen molar-refractivity contribution in [2.45, 2.75) is 25.9 Å². The number of imide groups is 1. The standard InChI is InChI=1S/C28H23N3O3S/c1-17-8-12-20(13-9-17)30-23(15-11-19-6-4-3-5-7-19)24(29-28(30)35)26(33)31-22-14-10-18(2)16-21(22)25(32)27(31)34/h3-16,23-24H,1-2H3,(H,29,35)/b15-11+. The number of rotatable bonds is 4. The first-order chi connectivity index (χ1) is 16.8. The monoisotopic (exact) mass is 481 g/mol. The largest absolute Gasteiger partial charge is 0.348 e. The van der Waals surface area contributed by atoms with E-state index in [9.17, 15) is 14.4 Å². The number of benzene rings is 3. The number of nitrogens with zero attached hydrogens (tertiary/aromatic N) is 2. The van der Waals surface area contributed by atoms with Crippen molar-refractivity contribution in [2.24, 2.45) is 0 Å². The number of ketones is 1. The summed E-state index contributed by atoms with van der Waals surface area (Å²) in [6.45, 7) is 3.84. The van der Waals surface area contributed by atoms with Crippen molar-refractivity contribution < 1.29 is 14.4 Å². The maximum Gasteiger partial charge on any atom is 0.306 e. The molecule has 2 heterocycles. The number of Topliss-reactive ketones (excluding diaryl/α,β-unsaturated/α-hetero) is 1. The summed E-state index contributed by atoms with van der Waals surface area (Å²) in [6, 6.07) is 21.3. The fraction of sp³-hybridized carbons (Fsp3) is 0.143. The van der Waals surface area contributed by atoms with Gasteiger partial charge < -0.3 is 10.2 Å². The molecule has 2 unspecified atom stereocenters. The lowest BCUT2D eigenvalue weighted by Gasteiger charge is -2.26. The van der Waals surface area contributed by atoms with Crippen LogP contribution in [0.2, 0.25) is 0 Å². The van der Waals surface area contributed by atoms with E-state index in [1.165, 1.54) is 0 Å². The number of hydrogen-bond donors (Lipinski definition) is 1. The summed E-state index contributed by atoms with van der Waals surface area (Å²) < 4.78 is 0. The molecule has 0 bridgehead atoms. The predicted molar refractivity (Wildman–Crippen MR) is 140 cm³/mol. The Hall–Kier alpha value is -4.10. The van der Waals surface area contributed by atoms with Crippen LogP contribution in [0.4, 0.5) is 11.4 Å². The zero-order chi connectivity index (χ0) is 24.7. The first-order valence-electron chi connectivity index (χ1n) is 11.3. The zero-order valence-corrected chi connectivity index (χ0v) is 20.1. The average molecular weight is 482 g/mol. The Balaban J connectivity index is 1.55. The van der Waals surface area contributed by atoms with E-state index in [2.05, 4.69) is 5.32 Å². The molecule has 2 aliphatic rings. The molecule has 2 amide bonds. The fourth-order valence-electron chi connectivity index (χ4n) is 4.46. The van der Waals surface area contributed by atoms with Crippen molar-refractivity contribution in [2.75, 3.05) is 9.80 Å².